The third kappa shape index (κ3) is 3.83. The first-order chi connectivity index (χ1) is 9.19. The molecule has 4 nitrogen and oxygen atoms in total. The van der Waals surface area contributed by atoms with Gasteiger partial charge in [0.25, 0.3) is 0 Å². The largest absolute Gasteiger partial charge is 0.385 e. The number of aromatic amines is 1. The van der Waals surface area contributed by atoms with Crippen molar-refractivity contribution in [3.63, 3.8) is 0 Å². The Labute approximate surface area is 113 Å². The fraction of sp³-hybridized carbons (Fsp3) is 0.400. The van der Waals surface area contributed by atoms with Crippen LogP contribution >= 0.6 is 0 Å². The summed E-state index contributed by atoms with van der Waals surface area (Å²) in [5, 5.41) is 4.05. The van der Waals surface area contributed by atoms with Gasteiger partial charge in [0.05, 0.1) is 6.42 Å². The van der Waals surface area contributed by atoms with E-state index in [1.807, 2.05) is 19.1 Å². The molecule has 102 valence electrons. The van der Waals surface area contributed by atoms with Gasteiger partial charge >= 0.3 is 0 Å². The third-order valence-corrected chi connectivity index (χ3v) is 3.03. The molecule has 0 unspecified atom stereocenters. The zero-order chi connectivity index (χ0) is 13.7. The number of ether oxygens (including phenoxy) is 1. The molecule has 2 rings (SSSR count). The summed E-state index contributed by atoms with van der Waals surface area (Å²) in [6.07, 6.45) is 1.27. The number of H-pyrrole nitrogens is 1. The predicted molar refractivity (Wildman–Crippen MR) is 76.2 cm³/mol. The zero-order valence-corrected chi connectivity index (χ0v) is 11.5. The number of aryl methyl sites for hydroxylation is 1. The van der Waals surface area contributed by atoms with Crippen LogP contribution in [0.15, 0.2) is 24.3 Å². The van der Waals surface area contributed by atoms with Crippen LogP contribution in [0.1, 0.15) is 17.7 Å². The average molecular weight is 260 g/mol. The van der Waals surface area contributed by atoms with E-state index in [2.05, 4.69) is 22.4 Å². The van der Waals surface area contributed by atoms with Gasteiger partial charge in [0.1, 0.15) is 0 Å². The van der Waals surface area contributed by atoms with E-state index in [0.717, 1.165) is 28.6 Å². The number of benzene rings is 1. The van der Waals surface area contributed by atoms with Crippen molar-refractivity contribution < 1.29 is 9.53 Å². The Morgan fingerprint density at radius 1 is 1.37 bits per heavy atom. The minimum absolute atomic E-state index is 0.0581. The van der Waals surface area contributed by atoms with E-state index in [1.54, 1.807) is 7.11 Å². The highest BCUT2D eigenvalue weighted by Gasteiger charge is 2.04. The Morgan fingerprint density at radius 2 is 2.21 bits per heavy atom. The Hall–Kier alpha value is -1.81. The number of carbonyl (C=O) groups is 1. The number of amides is 1. The molecular weight excluding hydrogens is 240 g/mol. The van der Waals surface area contributed by atoms with Crippen LogP contribution in [0.4, 0.5) is 0 Å². The normalized spacial score (nSPS) is 10.8. The van der Waals surface area contributed by atoms with Crippen LogP contribution in [0.3, 0.4) is 0 Å². The second kappa shape index (κ2) is 6.38. The summed E-state index contributed by atoms with van der Waals surface area (Å²) in [6.45, 7) is 3.37. The predicted octanol–water partition coefficient (Wildman–Crippen LogP) is 2.17. The topological polar surface area (TPSA) is 54.1 Å². The Morgan fingerprint density at radius 3 is 3.00 bits per heavy atom. The van der Waals surface area contributed by atoms with Crippen molar-refractivity contribution in [2.75, 3.05) is 20.3 Å². The molecule has 0 saturated carbocycles. The Kier molecular flexibility index (Phi) is 4.58. The number of carbonyl (C=O) groups excluding carboxylic acids is 1. The number of nitrogens with one attached hydrogen (secondary N) is 2. The summed E-state index contributed by atoms with van der Waals surface area (Å²) in [6, 6.07) is 8.17. The number of hydrogen-bond donors (Lipinski definition) is 2. The van der Waals surface area contributed by atoms with Crippen molar-refractivity contribution in [3.05, 3.63) is 35.5 Å². The highest BCUT2D eigenvalue weighted by atomic mass is 16.5. The van der Waals surface area contributed by atoms with Crippen LogP contribution in [0, 0.1) is 6.92 Å². The number of aromatic nitrogens is 1. The van der Waals surface area contributed by atoms with Gasteiger partial charge in [-0.2, -0.15) is 0 Å². The number of rotatable bonds is 6. The molecule has 4 heteroatoms. The molecule has 0 aliphatic rings. The average Bonchev–Trinajstić information content (AvgIpc) is 2.74. The fourth-order valence-corrected chi connectivity index (χ4v) is 2.13. The van der Waals surface area contributed by atoms with Gasteiger partial charge in [0.15, 0.2) is 0 Å². The van der Waals surface area contributed by atoms with Gasteiger partial charge in [-0.3, -0.25) is 4.79 Å². The summed E-state index contributed by atoms with van der Waals surface area (Å²) in [5.74, 6) is 0.0581. The molecule has 1 aromatic carbocycles. The van der Waals surface area contributed by atoms with E-state index in [0.29, 0.717) is 19.6 Å². The van der Waals surface area contributed by atoms with Crippen LogP contribution < -0.4 is 5.32 Å². The van der Waals surface area contributed by atoms with Crippen LogP contribution in [0.25, 0.3) is 10.9 Å². The molecule has 2 aromatic rings. The van der Waals surface area contributed by atoms with E-state index < -0.39 is 0 Å². The lowest BCUT2D eigenvalue weighted by atomic mass is 10.1. The van der Waals surface area contributed by atoms with Crippen molar-refractivity contribution in [3.8, 4) is 0 Å². The molecular formula is C15H20N2O2. The van der Waals surface area contributed by atoms with Crippen molar-refractivity contribution in [2.24, 2.45) is 0 Å². The summed E-state index contributed by atoms with van der Waals surface area (Å²) >= 11 is 0. The van der Waals surface area contributed by atoms with Gasteiger partial charge in [0.2, 0.25) is 5.91 Å². The van der Waals surface area contributed by atoms with Gasteiger partial charge in [-0.25, -0.2) is 0 Å². The lowest BCUT2D eigenvalue weighted by Gasteiger charge is -2.05. The van der Waals surface area contributed by atoms with Crippen molar-refractivity contribution in [1.29, 1.82) is 0 Å². The van der Waals surface area contributed by atoms with Crippen molar-refractivity contribution >= 4 is 16.8 Å². The second-order valence-corrected chi connectivity index (χ2v) is 4.75. The van der Waals surface area contributed by atoms with Gasteiger partial charge < -0.3 is 15.0 Å². The van der Waals surface area contributed by atoms with E-state index in [4.69, 9.17) is 4.74 Å². The van der Waals surface area contributed by atoms with Crippen LogP contribution in [-0.4, -0.2) is 31.2 Å². The van der Waals surface area contributed by atoms with Crippen LogP contribution in [-0.2, 0) is 16.0 Å². The second-order valence-electron chi connectivity index (χ2n) is 4.75. The molecule has 19 heavy (non-hydrogen) atoms. The first-order valence-electron chi connectivity index (χ1n) is 6.53. The Bertz CT molecular complexity index is 560. The standard InChI is InChI=1S/C15H20N2O2/c1-11-8-13-9-12(4-5-14(13)17-11)10-15(18)16-6-3-7-19-2/h4-5,8-9,17H,3,6-7,10H2,1-2H3,(H,16,18). The first kappa shape index (κ1) is 13.6. The maximum Gasteiger partial charge on any atom is 0.224 e. The van der Waals surface area contributed by atoms with Gasteiger partial charge in [0, 0.05) is 31.5 Å². The highest BCUT2D eigenvalue weighted by Crippen LogP contribution is 2.17. The molecule has 0 aliphatic heterocycles. The first-order valence-corrected chi connectivity index (χ1v) is 6.53. The van der Waals surface area contributed by atoms with Crippen LogP contribution in [0.2, 0.25) is 0 Å². The maximum atomic E-state index is 11.8. The van der Waals surface area contributed by atoms with Gasteiger partial charge in [-0.1, -0.05) is 6.07 Å². The van der Waals surface area contributed by atoms with E-state index >= 15 is 0 Å². The summed E-state index contributed by atoms with van der Waals surface area (Å²) < 4.78 is 4.94. The molecule has 2 N–H and O–H groups in total. The van der Waals surface area contributed by atoms with Crippen LogP contribution in [0.5, 0.6) is 0 Å². The molecule has 0 spiro atoms. The lowest BCUT2D eigenvalue weighted by Crippen LogP contribution is -2.26. The maximum absolute atomic E-state index is 11.8. The van der Waals surface area contributed by atoms with E-state index in [-0.39, 0.29) is 5.91 Å². The van der Waals surface area contributed by atoms with E-state index in [9.17, 15) is 4.79 Å². The number of fused-ring (bicyclic) bond motifs is 1. The number of methoxy groups -OCH3 is 1. The molecule has 0 fully saturated rings. The van der Waals surface area contributed by atoms with Crippen molar-refractivity contribution in [2.45, 2.75) is 19.8 Å². The minimum atomic E-state index is 0.0581. The molecule has 1 heterocycles. The molecule has 0 saturated heterocycles. The summed E-state index contributed by atoms with van der Waals surface area (Å²) in [7, 11) is 1.66. The summed E-state index contributed by atoms with van der Waals surface area (Å²) in [4.78, 5) is 15.0. The van der Waals surface area contributed by atoms with E-state index in [1.165, 1.54) is 0 Å². The van der Waals surface area contributed by atoms with Gasteiger partial charge in [-0.15, -0.1) is 0 Å². The quantitative estimate of drug-likeness (QED) is 0.782. The summed E-state index contributed by atoms with van der Waals surface area (Å²) in [5.41, 5.74) is 3.29. The van der Waals surface area contributed by atoms with Gasteiger partial charge in [-0.05, 0) is 42.5 Å². The monoisotopic (exact) mass is 260 g/mol. The molecule has 0 radical (unpaired) electrons. The zero-order valence-electron chi connectivity index (χ0n) is 11.5. The Balaban J connectivity index is 1.91. The molecule has 1 amide bonds. The smallest absolute Gasteiger partial charge is 0.224 e. The van der Waals surface area contributed by atoms with Crippen molar-refractivity contribution in [1.82, 2.24) is 10.3 Å². The lowest BCUT2D eigenvalue weighted by molar-refractivity contribution is -0.120. The highest BCUT2D eigenvalue weighted by molar-refractivity contribution is 5.84. The number of hydrogen-bond acceptors (Lipinski definition) is 2. The third-order valence-electron chi connectivity index (χ3n) is 3.03. The molecule has 0 atom stereocenters. The molecule has 0 bridgehead atoms. The molecule has 1 aromatic heterocycles. The minimum Gasteiger partial charge on any atom is -0.385 e. The molecule has 0 aliphatic carbocycles. The SMILES string of the molecule is COCCCNC(=O)Cc1ccc2[nH]c(C)cc2c1. The fourth-order valence-electron chi connectivity index (χ4n) is 2.13.